The second-order valence-corrected chi connectivity index (χ2v) is 0. The van der Waals surface area contributed by atoms with E-state index < -0.39 is 0 Å². The van der Waals surface area contributed by atoms with Crippen molar-refractivity contribution < 1.29 is 19.9 Å². The Labute approximate surface area is 97.0 Å². The third-order valence-electron chi connectivity index (χ3n) is 0. The summed E-state index contributed by atoms with van der Waals surface area (Å²) in [6.45, 7) is 0. The van der Waals surface area contributed by atoms with Gasteiger partial charge in [0.15, 0.2) is 17.4 Å². The van der Waals surface area contributed by atoms with Crippen molar-refractivity contribution in [3.05, 3.63) is 0 Å². The van der Waals surface area contributed by atoms with Crippen molar-refractivity contribution in [3.63, 3.8) is 0 Å². The molecule has 0 unspecified atom stereocenters. The topological polar surface area (TPSA) is 0 Å². The molecule has 0 N–H and O–H groups in total. The summed E-state index contributed by atoms with van der Waals surface area (Å²) < 4.78 is 0. The summed E-state index contributed by atoms with van der Waals surface area (Å²) >= 11 is 0. The van der Waals surface area contributed by atoms with Gasteiger partial charge in [0.2, 0.25) is 0 Å². The minimum atomic E-state index is 0. The molecule has 0 fully saturated rings. The SMILES string of the molecule is [AlH3].[Ca+2].[Cu].[H-].[H-].[SnH2]. The van der Waals surface area contributed by atoms with Gasteiger partial charge in [-0.1, -0.05) is 0 Å². The fraction of sp³-hybridized carbons (Fsp3) is 0. The van der Waals surface area contributed by atoms with Crippen LogP contribution in [0, 0.1) is 0 Å². The zero-order chi connectivity index (χ0) is 0. The van der Waals surface area contributed by atoms with Gasteiger partial charge in [-0.2, -0.15) is 0 Å². The summed E-state index contributed by atoms with van der Waals surface area (Å²) in [7, 11) is 0. The van der Waals surface area contributed by atoms with E-state index in [9.17, 15) is 0 Å². The van der Waals surface area contributed by atoms with E-state index in [-0.39, 0.29) is 98.9 Å². The second kappa shape index (κ2) is 16.5. The van der Waals surface area contributed by atoms with Gasteiger partial charge in [0.1, 0.15) is 0 Å². The van der Waals surface area contributed by atoms with Crippen LogP contribution in [-0.2, 0) is 17.1 Å². The Bertz CT molecular complexity index is 13.5. The third kappa shape index (κ3) is 8.92. The fourth-order valence-electron chi connectivity index (χ4n) is 0. The van der Waals surface area contributed by atoms with Gasteiger partial charge in [-0.05, 0) is 0 Å². The maximum atomic E-state index is 0. The average Bonchev–Trinajstić information content (AvgIpc) is 0. The van der Waals surface area contributed by atoms with Crippen molar-refractivity contribution in [2.75, 3.05) is 0 Å². The van der Waals surface area contributed by atoms with Gasteiger partial charge in [0, 0.05) is 17.1 Å². The Morgan fingerprint density at radius 3 is 1.25 bits per heavy atom. The van der Waals surface area contributed by atoms with Crippen molar-refractivity contribution in [3.8, 4) is 0 Å². The van der Waals surface area contributed by atoms with Gasteiger partial charge in [-0.3, -0.25) is 0 Å². The van der Waals surface area contributed by atoms with Gasteiger partial charge in [-0.15, -0.1) is 0 Å². The zero-order valence-electron chi connectivity index (χ0n) is 3.72. The van der Waals surface area contributed by atoms with Crippen molar-refractivity contribution >= 4 is 79.0 Å². The monoisotopic (exact) mass is 257 g/mol. The van der Waals surface area contributed by atoms with Gasteiger partial charge >= 0.3 is 61.6 Å². The first-order valence-electron chi connectivity index (χ1n) is 0. The molecule has 0 saturated heterocycles. The molecule has 0 saturated carbocycles. The molecule has 0 spiro atoms. The Kier molecular flexibility index (Phi) is 113. The number of hydrogen-bond donors (Lipinski definition) is 0. The molecule has 3 radical (unpaired) electrons. The van der Waals surface area contributed by atoms with E-state index in [1.165, 1.54) is 0 Å². The molecule has 0 aliphatic rings. The van der Waals surface area contributed by atoms with Crippen LogP contribution in [0.25, 0.3) is 0 Å². The van der Waals surface area contributed by atoms with Crippen LogP contribution in [0.2, 0.25) is 0 Å². The predicted octanol–water partition coefficient (Wildman–Crippen LogP) is -2.26. The van der Waals surface area contributed by atoms with E-state index in [4.69, 9.17) is 0 Å². The molecule has 0 nitrogen and oxygen atoms in total. The van der Waals surface area contributed by atoms with Crippen LogP contribution in [0.3, 0.4) is 0 Å². The van der Waals surface area contributed by atoms with Crippen LogP contribution in [0.15, 0.2) is 0 Å². The van der Waals surface area contributed by atoms with E-state index >= 15 is 0 Å². The first kappa shape index (κ1) is 27.4. The first-order valence-corrected chi connectivity index (χ1v) is 0. The molecule has 0 amide bonds. The van der Waals surface area contributed by atoms with E-state index in [2.05, 4.69) is 0 Å². The molecular formula is H7AlCaCuSn. The van der Waals surface area contributed by atoms with Crippen molar-refractivity contribution in [2.45, 2.75) is 0 Å². The number of hydrogen-bond acceptors (Lipinski definition) is 0. The molecule has 0 aromatic carbocycles. The molecule has 0 heterocycles. The predicted molar refractivity (Wildman–Crippen MR) is 26.5 cm³/mol. The molecule has 0 aliphatic carbocycles. The van der Waals surface area contributed by atoms with Crippen molar-refractivity contribution in [1.29, 1.82) is 0 Å². The standard InChI is InChI=1S/Al.Ca.Cu.Sn.7H/q;+2;;;;;;;;2*-1. The minimum absolute atomic E-state index is 0. The first-order chi connectivity index (χ1) is 0. The molecule has 0 bridgehead atoms. The molecule has 0 aromatic heterocycles. The normalized spacial score (nSPS) is 0. The Balaban J connectivity index is 0. The van der Waals surface area contributed by atoms with E-state index in [0.717, 1.165) is 0 Å². The Morgan fingerprint density at radius 1 is 1.25 bits per heavy atom. The number of rotatable bonds is 0. The fourth-order valence-corrected chi connectivity index (χ4v) is 0. The summed E-state index contributed by atoms with van der Waals surface area (Å²) in [5.41, 5.74) is 0. The maximum absolute atomic E-state index is 0. The van der Waals surface area contributed by atoms with E-state index in [1.54, 1.807) is 0 Å². The van der Waals surface area contributed by atoms with Crippen molar-refractivity contribution in [1.82, 2.24) is 0 Å². The third-order valence-corrected chi connectivity index (χ3v) is 0. The van der Waals surface area contributed by atoms with Crippen LogP contribution in [-0.4, -0.2) is 79.0 Å². The summed E-state index contributed by atoms with van der Waals surface area (Å²) in [6, 6.07) is 0. The zero-order valence-corrected chi connectivity index (χ0v) is 8.90. The molecule has 4 heavy (non-hydrogen) atoms. The van der Waals surface area contributed by atoms with Crippen LogP contribution in [0.5, 0.6) is 0 Å². The molecule has 27 valence electrons. The van der Waals surface area contributed by atoms with Crippen LogP contribution in [0.1, 0.15) is 2.85 Å². The van der Waals surface area contributed by atoms with E-state index in [0.29, 0.717) is 0 Å². The second-order valence-electron chi connectivity index (χ2n) is 0. The summed E-state index contributed by atoms with van der Waals surface area (Å²) in [4.78, 5) is 0. The molecule has 4 heteroatoms. The summed E-state index contributed by atoms with van der Waals surface area (Å²) in [5.74, 6) is 0. The summed E-state index contributed by atoms with van der Waals surface area (Å²) in [5, 5.41) is 0. The molecule has 0 aromatic rings. The van der Waals surface area contributed by atoms with E-state index in [1.807, 2.05) is 0 Å². The van der Waals surface area contributed by atoms with Crippen LogP contribution >= 0.6 is 0 Å². The van der Waals surface area contributed by atoms with Gasteiger partial charge in [-0.25, -0.2) is 0 Å². The van der Waals surface area contributed by atoms with Crippen LogP contribution < -0.4 is 0 Å². The Morgan fingerprint density at radius 2 is 1.25 bits per heavy atom. The average molecular weight is 256 g/mol. The van der Waals surface area contributed by atoms with Gasteiger partial charge < -0.3 is 2.85 Å². The summed E-state index contributed by atoms with van der Waals surface area (Å²) in [6.07, 6.45) is 0. The molecule has 0 atom stereocenters. The molecule has 0 aliphatic heterocycles. The van der Waals surface area contributed by atoms with Crippen molar-refractivity contribution in [2.24, 2.45) is 0 Å². The van der Waals surface area contributed by atoms with Gasteiger partial charge in [0.05, 0.1) is 0 Å². The molecular weight excluding hydrogens is 249 g/mol. The van der Waals surface area contributed by atoms with Crippen LogP contribution in [0.4, 0.5) is 0 Å². The Hall–Kier alpha value is 3.11. The quantitative estimate of drug-likeness (QED) is 0.429. The molecule has 0 rings (SSSR count). The van der Waals surface area contributed by atoms with Gasteiger partial charge in [0.25, 0.3) is 0 Å².